The Bertz CT molecular complexity index is 1050. The number of likely N-dealkylation sites (tertiary alicyclic amines) is 1. The van der Waals surface area contributed by atoms with Crippen LogP contribution in [0.4, 0.5) is 0 Å². The number of fused-ring (bicyclic) bond motifs is 1. The first kappa shape index (κ1) is 26.4. The molecule has 0 amide bonds. The minimum Gasteiger partial charge on any atom is -0.342 e. The van der Waals surface area contributed by atoms with E-state index in [-0.39, 0.29) is 10.8 Å². The first-order chi connectivity index (χ1) is 16.7. The minimum absolute atomic E-state index is 0.223. The summed E-state index contributed by atoms with van der Waals surface area (Å²) in [6.45, 7) is 17.6. The maximum absolute atomic E-state index is 5.52. The van der Waals surface area contributed by atoms with Gasteiger partial charge in [0.15, 0.2) is 0 Å². The molecule has 2 aliphatic rings. The van der Waals surface area contributed by atoms with Crippen LogP contribution in [0, 0.1) is 11.8 Å². The maximum atomic E-state index is 5.52. The van der Waals surface area contributed by atoms with Gasteiger partial charge in [0, 0.05) is 30.1 Å². The molecule has 0 spiro atoms. The van der Waals surface area contributed by atoms with Gasteiger partial charge in [0.05, 0.1) is 17.2 Å². The lowest BCUT2D eigenvalue weighted by molar-refractivity contribution is -0.0970. The van der Waals surface area contributed by atoms with E-state index in [9.17, 15) is 0 Å². The van der Waals surface area contributed by atoms with Crippen LogP contribution in [0.5, 0.6) is 0 Å². The monoisotopic (exact) mass is 494 g/mol. The number of nitrogens with zero attached hydrogens (tertiary/aromatic N) is 2. The zero-order valence-electron chi connectivity index (χ0n) is 22.4. The Hall–Kier alpha value is -1.71. The zero-order valence-corrected chi connectivity index (χ0v) is 23.3. The molecule has 1 fully saturated rings. The van der Waals surface area contributed by atoms with Crippen LogP contribution < -0.4 is 0 Å². The van der Waals surface area contributed by atoms with Gasteiger partial charge in [-0.25, -0.2) is 4.98 Å². The second-order valence-corrected chi connectivity index (χ2v) is 12.1. The third-order valence-corrected chi connectivity index (χ3v) is 8.77. The van der Waals surface area contributed by atoms with E-state index in [1.807, 2.05) is 25.2 Å². The number of benzene rings is 1. The Morgan fingerprint density at radius 2 is 1.69 bits per heavy atom. The highest BCUT2D eigenvalue weighted by atomic mass is 32.1. The van der Waals surface area contributed by atoms with Gasteiger partial charge in [0.2, 0.25) is 6.29 Å². The van der Waals surface area contributed by atoms with E-state index in [1.54, 1.807) is 0 Å². The molecular formula is C30H42N2O2S. The standard InChI is InChI=1S/C30H42N2O2S/c1-7-33-27(34-8-2)10-9-17-32-18-13-22(14-19-32)28-31-26(21-35-28)23-11-12-24-25(20-23)30(5,6)16-15-29(24,3)4/h11-12,20-22,27H,7-8,13-19H2,1-6H3. The van der Waals surface area contributed by atoms with E-state index in [2.05, 4.69) is 68.0 Å². The van der Waals surface area contributed by atoms with E-state index in [1.165, 1.54) is 34.5 Å². The highest BCUT2D eigenvalue weighted by molar-refractivity contribution is 7.10. The van der Waals surface area contributed by atoms with Gasteiger partial charge in [-0.3, -0.25) is 4.90 Å². The fourth-order valence-corrected chi connectivity index (χ4v) is 6.37. The van der Waals surface area contributed by atoms with E-state index in [4.69, 9.17) is 14.5 Å². The van der Waals surface area contributed by atoms with Crippen molar-refractivity contribution >= 4 is 11.3 Å². The summed E-state index contributed by atoms with van der Waals surface area (Å²) in [4.78, 5) is 7.56. The number of thiazole rings is 1. The van der Waals surface area contributed by atoms with E-state index < -0.39 is 6.29 Å². The lowest BCUT2D eigenvalue weighted by Gasteiger charge is -2.42. The average Bonchev–Trinajstić information content (AvgIpc) is 3.33. The molecule has 1 saturated heterocycles. The highest BCUT2D eigenvalue weighted by Gasteiger charge is 2.37. The molecule has 1 aromatic carbocycles. The van der Waals surface area contributed by atoms with Crippen molar-refractivity contribution in [3.05, 3.63) is 39.7 Å². The topological polar surface area (TPSA) is 34.6 Å². The van der Waals surface area contributed by atoms with Crippen LogP contribution >= 0.6 is 11.3 Å². The van der Waals surface area contributed by atoms with Gasteiger partial charge >= 0.3 is 0 Å². The van der Waals surface area contributed by atoms with Gasteiger partial charge in [0.1, 0.15) is 0 Å². The molecule has 190 valence electrons. The molecule has 0 unspecified atom stereocenters. The Labute approximate surface area is 216 Å². The molecule has 0 bridgehead atoms. The minimum atomic E-state index is -0.406. The fourth-order valence-electron chi connectivity index (χ4n) is 5.37. The van der Waals surface area contributed by atoms with Gasteiger partial charge < -0.3 is 9.47 Å². The second-order valence-electron chi connectivity index (χ2n) is 11.2. The lowest BCUT2D eigenvalue weighted by Crippen LogP contribution is -2.33. The quantitative estimate of drug-likeness (QED) is 0.315. The van der Waals surface area contributed by atoms with Crippen molar-refractivity contribution in [3.8, 4) is 23.1 Å². The summed E-state index contributed by atoms with van der Waals surface area (Å²) in [5.41, 5.74) is 5.90. The molecule has 5 heteroatoms. The summed E-state index contributed by atoms with van der Waals surface area (Å²) in [6.07, 6.45) is 4.36. The molecular weight excluding hydrogens is 452 g/mol. The third-order valence-electron chi connectivity index (χ3n) is 7.77. The average molecular weight is 495 g/mol. The zero-order chi connectivity index (χ0) is 25.1. The summed E-state index contributed by atoms with van der Waals surface area (Å²) in [5.74, 6) is 6.92. The van der Waals surface area contributed by atoms with Crippen molar-refractivity contribution in [1.82, 2.24) is 9.88 Å². The van der Waals surface area contributed by atoms with Gasteiger partial charge in [0.25, 0.3) is 0 Å². The predicted molar refractivity (Wildman–Crippen MR) is 146 cm³/mol. The molecule has 0 atom stereocenters. The summed E-state index contributed by atoms with van der Waals surface area (Å²) < 4.78 is 11.0. The van der Waals surface area contributed by atoms with Crippen LogP contribution in [0.25, 0.3) is 11.3 Å². The molecule has 35 heavy (non-hydrogen) atoms. The molecule has 1 aliphatic heterocycles. The van der Waals surface area contributed by atoms with Crippen LogP contribution in [0.1, 0.15) is 89.3 Å². The number of ether oxygens (including phenoxy) is 2. The van der Waals surface area contributed by atoms with Crippen molar-refractivity contribution in [3.63, 3.8) is 0 Å². The molecule has 4 rings (SSSR count). The van der Waals surface area contributed by atoms with E-state index >= 15 is 0 Å². The van der Waals surface area contributed by atoms with Gasteiger partial charge in [-0.2, -0.15) is 0 Å². The Morgan fingerprint density at radius 1 is 1.03 bits per heavy atom. The number of hydrogen-bond acceptors (Lipinski definition) is 5. The molecule has 2 aromatic rings. The second kappa shape index (κ2) is 11.1. The van der Waals surface area contributed by atoms with Gasteiger partial charge in [-0.05, 0) is 86.6 Å². The summed E-state index contributed by atoms with van der Waals surface area (Å²) >= 11 is 1.83. The Morgan fingerprint density at radius 3 is 2.34 bits per heavy atom. The van der Waals surface area contributed by atoms with Crippen LogP contribution in [0.2, 0.25) is 0 Å². The molecule has 2 heterocycles. The molecule has 0 N–H and O–H groups in total. The van der Waals surface area contributed by atoms with Gasteiger partial charge in [-0.15, -0.1) is 11.3 Å². The maximum Gasteiger partial charge on any atom is 0.222 e. The smallest absolute Gasteiger partial charge is 0.222 e. The molecule has 0 saturated carbocycles. The fraction of sp³-hybridized carbons (Fsp3) is 0.633. The first-order valence-corrected chi connectivity index (χ1v) is 14.2. The van der Waals surface area contributed by atoms with Crippen molar-refractivity contribution in [2.75, 3.05) is 32.8 Å². The largest absolute Gasteiger partial charge is 0.342 e. The normalized spacial score (nSPS) is 19.9. The Balaban J connectivity index is 1.38. The molecule has 1 aliphatic carbocycles. The predicted octanol–water partition coefficient (Wildman–Crippen LogP) is 6.74. The van der Waals surface area contributed by atoms with Crippen LogP contribution in [-0.4, -0.2) is 49.0 Å². The first-order valence-electron chi connectivity index (χ1n) is 13.3. The number of hydrogen-bond donors (Lipinski definition) is 0. The number of piperidine rings is 1. The van der Waals surface area contributed by atoms with E-state index in [0.29, 0.717) is 19.1 Å². The van der Waals surface area contributed by atoms with Crippen molar-refractivity contribution in [2.45, 2.75) is 90.3 Å². The van der Waals surface area contributed by atoms with Crippen molar-refractivity contribution in [1.29, 1.82) is 0 Å². The van der Waals surface area contributed by atoms with Gasteiger partial charge in [-0.1, -0.05) is 45.7 Å². The van der Waals surface area contributed by atoms with E-state index in [0.717, 1.165) is 38.2 Å². The highest BCUT2D eigenvalue weighted by Crippen LogP contribution is 2.47. The molecule has 0 radical (unpaired) electrons. The molecule has 1 aromatic heterocycles. The van der Waals surface area contributed by atoms with Crippen molar-refractivity contribution in [2.24, 2.45) is 0 Å². The lowest BCUT2D eigenvalue weighted by atomic mass is 9.63. The van der Waals surface area contributed by atoms with Crippen LogP contribution in [-0.2, 0) is 20.3 Å². The molecule has 4 nitrogen and oxygen atoms in total. The number of rotatable bonds is 7. The van der Waals surface area contributed by atoms with Crippen molar-refractivity contribution < 1.29 is 9.47 Å². The summed E-state index contributed by atoms with van der Waals surface area (Å²) in [7, 11) is 0. The van der Waals surface area contributed by atoms with Crippen LogP contribution in [0.15, 0.2) is 23.6 Å². The van der Waals surface area contributed by atoms with Crippen LogP contribution in [0.3, 0.4) is 0 Å². The Kier molecular flexibility index (Phi) is 8.38. The third kappa shape index (κ3) is 6.17. The summed E-state index contributed by atoms with van der Waals surface area (Å²) in [6, 6.07) is 7.08. The SMILES string of the molecule is CCOC(C#CCN1CCC(c2nc(-c3ccc4c(c3)C(C)(C)CCC4(C)C)cs2)CC1)OCC. The summed E-state index contributed by atoms with van der Waals surface area (Å²) in [5, 5.41) is 3.55. The number of aromatic nitrogens is 1.